The van der Waals surface area contributed by atoms with E-state index < -0.39 is 0 Å². The summed E-state index contributed by atoms with van der Waals surface area (Å²) >= 11 is 0. The summed E-state index contributed by atoms with van der Waals surface area (Å²) in [6.07, 6.45) is 3.62. The fourth-order valence-corrected chi connectivity index (χ4v) is 3.49. The molecule has 1 aromatic rings. The van der Waals surface area contributed by atoms with Gasteiger partial charge >= 0.3 is 6.03 Å². The van der Waals surface area contributed by atoms with Crippen molar-refractivity contribution in [3.63, 3.8) is 0 Å². The Bertz CT molecular complexity index is 619. The number of piperidine rings is 1. The number of benzene rings is 1. The number of amides is 3. The van der Waals surface area contributed by atoms with E-state index in [2.05, 4.69) is 12.2 Å². The van der Waals surface area contributed by atoms with E-state index in [1.807, 2.05) is 29.2 Å². The molecule has 2 atom stereocenters. The molecule has 3 rings (SSSR count). The molecule has 6 nitrogen and oxygen atoms in total. The van der Waals surface area contributed by atoms with Crippen molar-refractivity contribution in [3.8, 4) is 5.75 Å². The zero-order valence-electron chi connectivity index (χ0n) is 14.3. The fraction of sp³-hybridized carbons (Fsp3) is 0.556. The maximum absolute atomic E-state index is 12.5. The van der Waals surface area contributed by atoms with Gasteiger partial charge in [-0.05, 0) is 38.3 Å². The molecule has 0 saturated carbocycles. The molecule has 0 aliphatic carbocycles. The number of nitrogens with one attached hydrogen (secondary N) is 1. The Morgan fingerprint density at radius 3 is 2.92 bits per heavy atom. The molecule has 2 fully saturated rings. The highest BCUT2D eigenvalue weighted by molar-refractivity contribution is 5.97. The molecule has 2 aliphatic rings. The van der Waals surface area contributed by atoms with E-state index in [0.29, 0.717) is 13.0 Å². The number of carbonyl (C=O) groups is 2. The van der Waals surface area contributed by atoms with E-state index >= 15 is 0 Å². The lowest BCUT2D eigenvalue weighted by Gasteiger charge is -2.34. The van der Waals surface area contributed by atoms with E-state index in [0.717, 1.165) is 30.8 Å². The van der Waals surface area contributed by atoms with Gasteiger partial charge in [0.25, 0.3) is 0 Å². The van der Waals surface area contributed by atoms with Crippen LogP contribution in [0.1, 0.15) is 32.6 Å². The zero-order valence-corrected chi connectivity index (χ0v) is 14.3. The Labute approximate surface area is 142 Å². The first-order chi connectivity index (χ1) is 11.6. The van der Waals surface area contributed by atoms with Crippen LogP contribution < -0.4 is 15.0 Å². The highest BCUT2D eigenvalue weighted by atomic mass is 16.5. The second-order valence-corrected chi connectivity index (χ2v) is 6.59. The summed E-state index contributed by atoms with van der Waals surface area (Å²) in [5, 5.41) is 3.03. The lowest BCUT2D eigenvalue weighted by molar-refractivity contribution is -0.117. The van der Waals surface area contributed by atoms with Crippen molar-refractivity contribution in [2.75, 3.05) is 25.1 Å². The minimum Gasteiger partial charge on any atom is -0.497 e. The molecule has 0 spiro atoms. The Balaban J connectivity index is 1.63. The average molecular weight is 331 g/mol. The van der Waals surface area contributed by atoms with Gasteiger partial charge in [0.05, 0.1) is 13.2 Å². The fourth-order valence-electron chi connectivity index (χ4n) is 3.49. The van der Waals surface area contributed by atoms with E-state index in [-0.39, 0.29) is 24.0 Å². The predicted molar refractivity (Wildman–Crippen MR) is 92.3 cm³/mol. The number of ether oxygens (including phenoxy) is 1. The second-order valence-electron chi connectivity index (χ2n) is 6.59. The van der Waals surface area contributed by atoms with Crippen LogP contribution in [0.4, 0.5) is 10.5 Å². The molecule has 6 heteroatoms. The van der Waals surface area contributed by atoms with Gasteiger partial charge in [0, 0.05) is 37.3 Å². The molecular formula is C18H25N3O3. The van der Waals surface area contributed by atoms with Crippen molar-refractivity contribution in [2.24, 2.45) is 0 Å². The third-order valence-corrected chi connectivity index (χ3v) is 4.88. The summed E-state index contributed by atoms with van der Waals surface area (Å²) < 4.78 is 5.22. The molecule has 130 valence electrons. The Kier molecular flexibility index (Phi) is 4.92. The molecule has 24 heavy (non-hydrogen) atoms. The number of anilines is 1. The number of hydrogen-bond acceptors (Lipinski definition) is 3. The number of rotatable bonds is 3. The number of methoxy groups -OCH3 is 1. The van der Waals surface area contributed by atoms with Crippen LogP contribution in [0, 0.1) is 0 Å². The molecule has 0 aromatic heterocycles. The molecule has 0 bridgehead atoms. The quantitative estimate of drug-likeness (QED) is 0.925. The van der Waals surface area contributed by atoms with Gasteiger partial charge in [-0.25, -0.2) is 4.79 Å². The Morgan fingerprint density at radius 1 is 1.33 bits per heavy atom. The second kappa shape index (κ2) is 7.11. The number of likely N-dealkylation sites (tertiary alicyclic amines) is 1. The van der Waals surface area contributed by atoms with Gasteiger partial charge in [0.15, 0.2) is 0 Å². The van der Waals surface area contributed by atoms with Crippen molar-refractivity contribution in [3.05, 3.63) is 24.3 Å². The van der Waals surface area contributed by atoms with Crippen molar-refractivity contribution in [2.45, 2.75) is 44.7 Å². The van der Waals surface area contributed by atoms with Gasteiger partial charge in [-0.3, -0.25) is 4.79 Å². The molecule has 3 amide bonds. The van der Waals surface area contributed by atoms with Crippen molar-refractivity contribution < 1.29 is 14.3 Å². The number of urea groups is 1. The van der Waals surface area contributed by atoms with Crippen LogP contribution in [-0.4, -0.2) is 49.1 Å². The molecular weight excluding hydrogens is 306 g/mol. The van der Waals surface area contributed by atoms with Gasteiger partial charge in [-0.2, -0.15) is 0 Å². The van der Waals surface area contributed by atoms with Gasteiger partial charge in [-0.15, -0.1) is 0 Å². The predicted octanol–water partition coefficient (Wildman–Crippen LogP) is 2.38. The average Bonchev–Trinajstić information content (AvgIpc) is 2.95. The van der Waals surface area contributed by atoms with Crippen LogP contribution in [0.15, 0.2) is 24.3 Å². The topological polar surface area (TPSA) is 61.9 Å². The standard InChI is InChI=1S/C18H25N3O3/c1-13-6-3-4-9-20(13)18(23)19-14-10-17(22)21(12-14)15-7-5-8-16(11-15)24-2/h5,7-8,11,13-14H,3-4,6,9-10,12H2,1-2H3,(H,19,23)/t13-,14+/m1/s1. The molecule has 2 aliphatic heterocycles. The summed E-state index contributed by atoms with van der Waals surface area (Å²) in [7, 11) is 1.60. The SMILES string of the molecule is COc1cccc(N2C[C@@H](NC(=O)N3CCCC[C@H]3C)CC2=O)c1. The molecule has 0 radical (unpaired) electrons. The first-order valence-electron chi connectivity index (χ1n) is 8.60. The minimum absolute atomic E-state index is 0.0280. The molecule has 0 unspecified atom stereocenters. The molecule has 1 aromatic carbocycles. The van der Waals surface area contributed by atoms with E-state index in [9.17, 15) is 9.59 Å². The van der Waals surface area contributed by atoms with Crippen LogP contribution in [0.5, 0.6) is 5.75 Å². The maximum Gasteiger partial charge on any atom is 0.317 e. The maximum atomic E-state index is 12.5. The summed E-state index contributed by atoms with van der Waals surface area (Å²) in [5.74, 6) is 0.746. The van der Waals surface area contributed by atoms with Crippen LogP contribution in [-0.2, 0) is 4.79 Å². The first kappa shape index (κ1) is 16.6. The van der Waals surface area contributed by atoms with E-state index in [4.69, 9.17) is 4.74 Å². The number of hydrogen-bond donors (Lipinski definition) is 1. The van der Waals surface area contributed by atoms with Gasteiger partial charge in [-0.1, -0.05) is 6.07 Å². The zero-order chi connectivity index (χ0) is 17.1. The van der Waals surface area contributed by atoms with Crippen molar-refractivity contribution in [1.29, 1.82) is 0 Å². The minimum atomic E-state index is -0.148. The van der Waals surface area contributed by atoms with Crippen LogP contribution in [0.3, 0.4) is 0 Å². The van der Waals surface area contributed by atoms with Crippen molar-refractivity contribution >= 4 is 17.6 Å². The van der Waals surface area contributed by atoms with Gasteiger partial charge in [0.2, 0.25) is 5.91 Å². The summed E-state index contributed by atoms with van der Waals surface area (Å²) in [5.41, 5.74) is 0.808. The summed E-state index contributed by atoms with van der Waals surface area (Å²) in [6, 6.07) is 7.51. The van der Waals surface area contributed by atoms with Crippen LogP contribution >= 0.6 is 0 Å². The van der Waals surface area contributed by atoms with Gasteiger partial charge in [0.1, 0.15) is 5.75 Å². The first-order valence-corrected chi connectivity index (χ1v) is 8.60. The largest absolute Gasteiger partial charge is 0.497 e. The third kappa shape index (κ3) is 3.47. The number of carbonyl (C=O) groups excluding carboxylic acids is 2. The van der Waals surface area contributed by atoms with Crippen LogP contribution in [0.2, 0.25) is 0 Å². The monoisotopic (exact) mass is 331 g/mol. The highest BCUT2D eigenvalue weighted by Crippen LogP contribution is 2.25. The highest BCUT2D eigenvalue weighted by Gasteiger charge is 2.33. The third-order valence-electron chi connectivity index (χ3n) is 4.88. The molecule has 2 heterocycles. The Hall–Kier alpha value is -2.24. The van der Waals surface area contributed by atoms with Crippen LogP contribution in [0.25, 0.3) is 0 Å². The van der Waals surface area contributed by atoms with Gasteiger partial charge < -0.3 is 19.9 Å². The Morgan fingerprint density at radius 2 is 2.17 bits per heavy atom. The molecule has 1 N–H and O–H groups in total. The molecule has 2 saturated heterocycles. The van der Waals surface area contributed by atoms with Crippen molar-refractivity contribution in [1.82, 2.24) is 10.2 Å². The van der Waals surface area contributed by atoms with E-state index in [1.165, 1.54) is 6.42 Å². The van der Waals surface area contributed by atoms with E-state index in [1.54, 1.807) is 12.0 Å². The normalized spacial score (nSPS) is 24.2. The smallest absolute Gasteiger partial charge is 0.317 e. The number of nitrogens with zero attached hydrogens (tertiary/aromatic N) is 2. The lowest BCUT2D eigenvalue weighted by Crippen LogP contribution is -2.50. The lowest BCUT2D eigenvalue weighted by atomic mass is 10.0. The summed E-state index contributed by atoms with van der Waals surface area (Å²) in [6.45, 7) is 3.38. The summed E-state index contributed by atoms with van der Waals surface area (Å²) in [4.78, 5) is 28.4.